The third-order valence-electron chi connectivity index (χ3n) is 4.41. The van der Waals surface area contributed by atoms with E-state index < -0.39 is 5.91 Å². The fourth-order valence-electron chi connectivity index (χ4n) is 3.04. The second-order valence-electron chi connectivity index (χ2n) is 6.11. The number of hydrogen-bond donors (Lipinski definition) is 3. The first kappa shape index (κ1) is 18.9. The summed E-state index contributed by atoms with van der Waals surface area (Å²) in [6.07, 6.45) is 3.82. The molecule has 0 spiro atoms. The molecule has 1 aromatic rings. The number of benzene rings is 1. The van der Waals surface area contributed by atoms with E-state index in [0.29, 0.717) is 12.1 Å². The van der Waals surface area contributed by atoms with Gasteiger partial charge in [-0.3, -0.25) is 9.59 Å². The standard InChI is InChI=1S/C17H25N3O5/c1-23-12-7-11(8-13(24-2)15(12)25-9-14(19)21)16(22)20-17(10-18)5-3-4-6-17/h7-8H,3-6,9-10,18H2,1-2H3,(H2,19,21)(H,20,22). The molecule has 0 aliphatic heterocycles. The Labute approximate surface area is 146 Å². The molecule has 2 rings (SSSR count). The van der Waals surface area contributed by atoms with Crippen molar-refractivity contribution in [3.8, 4) is 17.2 Å². The van der Waals surface area contributed by atoms with Crippen LogP contribution in [0.15, 0.2) is 12.1 Å². The van der Waals surface area contributed by atoms with Crippen LogP contribution in [0.5, 0.6) is 17.2 Å². The SMILES string of the molecule is COc1cc(C(=O)NC2(CN)CCCC2)cc(OC)c1OCC(N)=O. The van der Waals surface area contributed by atoms with E-state index in [4.69, 9.17) is 25.7 Å². The second kappa shape index (κ2) is 8.06. The van der Waals surface area contributed by atoms with E-state index >= 15 is 0 Å². The average molecular weight is 351 g/mol. The zero-order chi connectivity index (χ0) is 18.4. The summed E-state index contributed by atoms with van der Waals surface area (Å²) in [6, 6.07) is 3.07. The minimum atomic E-state index is -0.628. The fourth-order valence-corrected chi connectivity index (χ4v) is 3.04. The molecule has 25 heavy (non-hydrogen) atoms. The maximum absolute atomic E-state index is 12.7. The molecular weight excluding hydrogens is 326 g/mol. The van der Waals surface area contributed by atoms with Crippen LogP contribution in [0.25, 0.3) is 0 Å². The van der Waals surface area contributed by atoms with Crippen molar-refractivity contribution in [1.29, 1.82) is 0 Å². The number of methoxy groups -OCH3 is 2. The van der Waals surface area contributed by atoms with Crippen molar-refractivity contribution < 1.29 is 23.8 Å². The molecule has 8 nitrogen and oxygen atoms in total. The first-order valence-electron chi connectivity index (χ1n) is 8.14. The predicted octanol–water partition coefficient (Wildman–Crippen LogP) is 0.569. The highest BCUT2D eigenvalue weighted by atomic mass is 16.5. The maximum atomic E-state index is 12.7. The Hall–Kier alpha value is -2.48. The van der Waals surface area contributed by atoms with Crippen LogP contribution in [-0.2, 0) is 4.79 Å². The number of rotatable bonds is 8. The normalized spacial score (nSPS) is 15.5. The third-order valence-corrected chi connectivity index (χ3v) is 4.41. The van der Waals surface area contributed by atoms with Gasteiger partial charge < -0.3 is 31.0 Å². The van der Waals surface area contributed by atoms with Gasteiger partial charge in [0.25, 0.3) is 11.8 Å². The van der Waals surface area contributed by atoms with Crippen molar-refractivity contribution in [2.24, 2.45) is 11.5 Å². The fraction of sp³-hybridized carbons (Fsp3) is 0.529. The number of carbonyl (C=O) groups is 2. The van der Waals surface area contributed by atoms with Crippen LogP contribution >= 0.6 is 0 Å². The number of amides is 2. The summed E-state index contributed by atoms with van der Waals surface area (Å²) in [5, 5.41) is 3.04. The highest BCUT2D eigenvalue weighted by molar-refractivity contribution is 5.96. The van der Waals surface area contributed by atoms with E-state index in [1.165, 1.54) is 26.4 Å². The molecule has 1 aliphatic rings. The summed E-state index contributed by atoms with van der Waals surface area (Å²) in [7, 11) is 2.87. The molecule has 0 radical (unpaired) electrons. The van der Waals surface area contributed by atoms with E-state index in [2.05, 4.69) is 5.32 Å². The van der Waals surface area contributed by atoms with Gasteiger partial charge in [0.15, 0.2) is 18.1 Å². The topological polar surface area (TPSA) is 126 Å². The van der Waals surface area contributed by atoms with Crippen LogP contribution in [0.4, 0.5) is 0 Å². The summed E-state index contributed by atoms with van der Waals surface area (Å²) < 4.78 is 15.9. The lowest BCUT2D eigenvalue weighted by Crippen LogP contribution is -2.51. The van der Waals surface area contributed by atoms with E-state index in [0.717, 1.165) is 25.7 Å². The van der Waals surface area contributed by atoms with E-state index in [9.17, 15) is 9.59 Å². The zero-order valence-electron chi connectivity index (χ0n) is 14.6. The number of ether oxygens (including phenoxy) is 3. The molecule has 0 atom stereocenters. The number of primary amides is 1. The summed E-state index contributed by atoms with van der Waals surface area (Å²) in [5.41, 5.74) is 11.0. The Morgan fingerprint density at radius 2 is 1.72 bits per heavy atom. The Morgan fingerprint density at radius 3 is 2.16 bits per heavy atom. The van der Waals surface area contributed by atoms with Gasteiger partial charge >= 0.3 is 0 Å². The molecule has 5 N–H and O–H groups in total. The minimum absolute atomic E-state index is 0.217. The smallest absolute Gasteiger partial charge is 0.255 e. The summed E-state index contributed by atoms with van der Waals surface area (Å²) in [6.45, 7) is 0.0708. The molecule has 0 heterocycles. The van der Waals surface area contributed by atoms with E-state index in [1.54, 1.807) is 0 Å². The number of carbonyl (C=O) groups excluding carboxylic acids is 2. The molecule has 138 valence electrons. The van der Waals surface area contributed by atoms with Crippen LogP contribution in [0.2, 0.25) is 0 Å². The second-order valence-corrected chi connectivity index (χ2v) is 6.11. The summed E-state index contributed by atoms with van der Waals surface area (Å²) >= 11 is 0. The summed E-state index contributed by atoms with van der Waals surface area (Å²) in [4.78, 5) is 23.6. The zero-order valence-corrected chi connectivity index (χ0v) is 14.6. The van der Waals surface area contributed by atoms with Crippen molar-refractivity contribution in [3.63, 3.8) is 0 Å². The van der Waals surface area contributed by atoms with E-state index in [1.807, 2.05) is 0 Å². The Morgan fingerprint density at radius 1 is 1.16 bits per heavy atom. The number of hydrogen-bond acceptors (Lipinski definition) is 6. The van der Waals surface area contributed by atoms with Gasteiger partial charge in [-0.2, -0.15) is 0 Å². The summed E-state index contributed by atoms with van der Waals surface area (Å²) in [5.74, 6) is -0.116. The van der Waals surface area contributed by atoms with Crippen LogP contribution < -0.4 is 31.0 Å². The first-order chi connectivity index (χ1) is 11.9. The molecule has 1 aromatic carbocycles. The predicted molar refractivity (Wildman–Crippen MR) is 92.0 cm³/mol. The third kappa shape index (κ3) is 4.33. The first-order valence-corrected chi connectivity index (χ1v) is 8.14. The lowest BCUT2D eigenvalue weighted by atomic mass is 9.97. The van der Waals surface area contributed by atoms with Crippen LogP contribution in [0, 0.1) is 0 Å². The van der Waals surface area contributed by atoms with Gasteiger partial charge in [-0.05, 0) is 25.0 Å². The molecule has 2 amide bonds. The molecule has 0 unspecified atom stereocenters. The maximum Gasteiger partial charge on any atom is 0.255 e. The minimum Gasteiger partial charge on any atom is -0.493 e. The molecule has 1 aliphatic carbocycles. The quantitative estimate of drug-likeness (QED) is 0.628. The Bertz CT molecular complexity index is 616. The van der Waals surface area contributed by atoms with Gasteiger partial charge in [-0.25, -0.2) is 0 Å². The Balaban J connectivity index is 2.28. The van der Waals surface area contributed by atoms with Crippen LogP contribution in [-0.4, -0.2) is 44.7 Å². The molecule has 0 bridgehead atoms. The van der Waals surface area contributed by atoms with Crippen molar-refractivity contribution in [3.05, 3.63) is 17.7 Å². The molecule has 0 aromatic heterocycles. The molecular formula is C17H25N3O5. The van der Waals surface area contributed by atoms with Crippen molar-refractivity contribution in [2.75, 3.05) is 27.4 Å². The monoisotopic (exact) mass is 351 g/mol. The lowest BCUT2D eigenvalue weighted by Gasteiger charge is -2.29. The van der Waals surface area contributed by atoms with Gasteiger partial charge in [0.2, 0.25) is 5.75 Å². The average Bonchev–Trinajstić information content (AvgIpc) is 3.07. The van der Waals surface area contributed by atoms with Gasteiger partial charge in [0, 0.05) is 12.1 Å². The van der Waals surface area contributed by atoms with E-state index in [-0.39, 0.29) is 35.3 Å². The molecule has 1 saturated carbocycles. The highest BCUT2D eigenvalue weighted by Gasteiger charge is 2.34. The molecule has 1 fully saturated rings. The molecule has 0 saturated heterocycles. The van der Waals surface area contributed by atoms with Crippen LogP contribution in [0.3, 0.4) is 0 Å². The van der Waals surface area contributed by atoms with Crippen molar-refractivity contribution in [1.82, 2.24) is 5.32 Å². The Kier molecular flexibility index (Phi) is 6.08. The van der Waals surface area contributed by atoms with Gasteiger partial charge in [-0.1, -0.05) is 12.8 Å². The largest absolute Gasteiger partial charge is 0.493 e. The van der Waals surface area contributed by atoms with Crippen molar-refractivity contribution in [2.45, 2.75) is 31.2 Å². The van der Waals surface area contributed by atoms with Crippen molar-refractivity contribution >= 4 is 11.8 Å². The molecule has 8 heteroatoms. The highest BCUT2D eigenvalue weighted by Crippen LogP contribution is 2.39. The van der Waals surface area contributed by atoms with Crippen LogP contribution in [0.1, 0.15) is 36.0 Å². The van der Waals surface area contributed by atoms with Gasteiger partial charge in [-0.15, -0.1) is 0 Å². The van der Waals surface area contributed by atoms with Gasteiger partial charge in [0.05, 0.1) is 19.8 Å². The number of nitrogens with two attached hydrogens (primary N) is 2. The number of nitrogens with one attached hydrogen (secondary N) is 1. The van der Waals surface area contributed by atoms with Gasteiger partial charge in [0.1, 0.15) is 0 Å². The lowest BCUT2D eigenvalue weighted by molar-refractivity contribution is -0.120.